The van der Waals surface area contributed by atoms with E-state index in [1.54, 1.807) is 0 Å². The molecule has 96 valence electrons. The molecule has 0 aliphatic rings. The third-order valence-corrected chi connectivity index (χ3v) is 1.30. The number of aliphatic hydroxyl groups excluding tert-OH is 1. The van der Waals surface area contributed by atoms with Crippen LogP contribution in [0.15, 0.2) is 0 Å². The molecule has 0 aliphatic carbocycles. The van der Waals surface area contributed by atoms with E-state index in [-0.39, 0.29) is 33.0 Å². The Hall–Kier alpha value is -0.860. The first-order valence-corrected chi connectivity index (χ1v) is 4.48. The number of carbonyl (C=O) groups is 1. The van der Waals surface area contributed by atoms with Crippen LogP contribution in [-0.4, -0.2) is 56.9 Å². The number of carbonyl (C=O) groups excluding carboxylic acids is 1. The monoisotopic (exact) mass is 246 g/mol. The van der Waals surface area contributed by atoms with Crippen LogP contribution in [-0.2, 0) is 19.0 Å². The van der Waals surface area contributed by atoms with Crippen molar-refractivity contribution in [3.05, 3.63) is 0 Å². The van der Waals surface area contributed by atoms with Gasteiger partial charge in [0.2, 0.25) is 0 Å². The molecule has 0 bridgehead atoms. The topological polar surface area (TPSA) is 65.0 Å². The molecule has 0 amide bonds. The Morgan fingerprint density at radius 3 is 2.00 bits per heavy atom. The number of rotatable bonds is 8. The number of esters is 1. The third-order valence-electron chi connectivity index (χ3n) is 1.30. The predicted octanol–water partition coefficient (Wildman–Crippen LogP) is 0.117. The number of halogens is 3. The van der Waals surface area contributed by atoms with Crippen molar-refractivity contribution in [2.24, 2.45) is 0 Å². The maximum Gasteiger partial charge on any atom is 0.490 e. The smallest absolute Gasteiger partial charge is 0.457 e. The van der Waals surface area contributed by atoms with E-state index in [2.05, 4.69) is 4.74 Å². The molecule has 1 N–H and O–H groups in total. The van der Waals surface area contributed by atoms with Gasteiger partial charge in [-0.05, 0) is 0 Å². The van der Waals surface area contributed by atoms with Crippen LogP contribution in [0.25, 0.3) is 0 Å². The van der Waals surface area contributed by atoms with Crippen LogP contribution in [0.2, 0.25) is 0 Å². The molecule has 0 atom stereocenters. The summed E-state index contributed by atoms with van der Waals surface area (Å²) in [6, 6.07) is 0. The van der Waals surface area contributed by atoms with E-state index in [4.69, 9.17) is 14.6 Å². The molecule has 16 heavy (non-hydrogen) atoms. The maximum absolute atomic E-state index is 11.6. The second-order valence-electron chi connectivity index (χ2n) is 2.58. The zero-order chi connectivity index (χ0) is 12.4. The average molecular weight is 246 g/mol. The fourth-order valence-corrected chi connectivity index (χ4v) is 0.662. The Kier molecular flexibility index (Phi) is 7.86. The Morgan fingerprint density at radius 1 is 1.00 bits per heavy atom. The predicted molar refractivity (Wildman–Crippen MR) is 45.7 cm³/mol. The van der Waals surface area contributed by atoms with Crippen molar-refractivity contribution in [3.63, 3.8) is 0 Å². The van der Waals surface area contributed by atoms with Crippen molar-refractivity contribution >= 4 is 5.97 Å². The van der Waals surface area contributed by atoms with Crippen molar-refractivity contribution in [1.29, 1.82) is 0 Å². The van der Waals surface area contributed by atoms with Crippen LogP contribution in [0, 0.1) is 0 Å². The van der Waals surface area contributed by atoms with Crippen LogP contribution in [0.4, 0.5) is 13.2 Å². The SMILES string of the molecule is O=C(OCCOCCOCCO)C(F)(F)F. The molecular weight excluding hydrogens is 233 g/mol. The van der Waals surface area contributed by atoms with Gasteiger partial charge in [0.25, 0.3) is 0 Å². The number of hydrogen-bond donors (Lipinski definition) is 1. The molecule has 0 heterocycles. The van der Waals surface area contributed by atoms with Gasteiger partial charge >= 0.3 is 12.1 Å². The first-order chi connectivity index (χ1) is 7.48. The molecule has 0 unspecified atom stereocenters. The van der Waals surface area contributed by atoms with Crippen molar-refractivity contribution in [1.82, 2.24) is 0 Å². The summed E-state index contributed by atoms with van der Waals surface area (Å²) in [5.74, 6) is -2.23. The van der Waals surface area contributed by atoms with Gasteiger partial charge in [0.05, 0.1) is 33.0 Å². The molecule has 8 heteroatoms. The first-order valence-electron chi connectivity index (χ1n) is 4.48. The zero-order valence-corrected chi connectivity index (χ0v) is 8.46. The summed E-state index contributed by atoms with van der Waals surface area (Å²) in [7, 11) is 0. The molecule has 0 saturated carbocycles. The van der Waals surface area contributed by atoms with Gasteiger partial charge in [0.15, 0.2) is 0 Å². The van der Waals surface area contributed by atoms with Gasteiger partial charge in [-0.3, -0.25) is 0 Å². The van der Waals surface area contributed by atoms with E-state index in [9.17, 15) is 18.0 Å². The minimum atomic E-state index is -4.97. The van der Waals surface area contributed by atoms with E-state index in [0.29, 0.717) is 0 Å². The highest BCUT2D eigenvalue weighted by molar-refractivity contribution is 5.75. The molecule has 0 rings (SSSR count). The summed E-state index contributed by atoms with van der Waals surface area (Å²) in [6.45, 7) is -0.157. The number of aliphatic hydroxyl groups is 1. The Balaban J connectivity index is 3.25. The van der Waals surface area contributed by atoms with Crippen LogP contribution < -0.4 is 0 Å². The molecule has 0 saturated heterocycles. The van der Waals surface area contributed by atoms with Gasteiger partial charge in [-0.25, -0.2) is 4.79 Å². The van der Waals surface area contributed by atoms with E-state index in [1.807, 2.05) is 0 Å². The fraction of sp³-hybridized carbons (Fsp3) is 0.875. The van der Waals surface area contributed by atoms with Crippen LogP contribution >= 0.6 is 0 Å². The molecule has 0 fully saturated rings. The molecule has 0 aromatic rings. The van der Waals surface area contributed by atoms with E-state index in [0.717, 1.165) is 0 Å². The number of hydrogen-bond acceptors (Lipinski definition) is 5. The van der Waals surface area contributed by atoms with E-state index >= 15 is 0 Å². The first kappa shape index (κ1) is 15.1. The highest BCUT2D eigenvalue weighted by atomic mass is 19.4. The Bertz CT molecular complexity index is 195. The molecule has 0 aliphatic heterocycles. The lowest BCUT2D eigenvalue weighted by molar-refractivity contribution is -0.200. The quantitative estimate of drug-likeness (QED) is 0.486. The fourth-order valence-electron chi connectivity index (χ4n) is 0.662. The van der Waals surface area contributed by atoms with Crippen LogP contribution in [0.5, 0.6) is 0 Å². The number of alkyl halides is 3. The summed E-state index contributed by atoms with van der Waals surface area (Å²) in [5.41, 5.74) is 0. The van der Waals surface area contributed by atoms with Gasteiger partial charge < -0.3 is 19.3 Å². The zero-order valence-electron chi connectivity index (χ0n) is 8.46. The molecule has 5 nitrogen and oxygen atoms in total. The standard InChI is InChI=1S/C8H13F3O5/c9-8(10,11)7(13)16-6-5-15-4-3-14-2-1-12/h12H,1-6H2. The van der Waals surface area contributed by atoms with E-state index in [1.165, 1.54) is 0 Å². The summed E-state index contributed by atoms with van der Waals surface area (Å²) in [6.07, 6.45) is -4.97. The van der Waals surface area contributed by atoms with Crippen LogP contribution in [0.1, 0.15) is 0 Å². The van der Waals surface area contributed by atoms with Crippen molar-refractivity contribution in [3.8, 4) is 0 Å². The third kappa shape index (κ3) is 8.45. The normalized spacial score (nSPS) is 11.5. The van der Waals surface area contributed by atoms with Gasteiger partial charge in [-0.15, -0.1) is 0 Å². The molecular formula is C8H13F3O5. The Morgan fingerprint density at radius 2 is 1.50 bits per heavy atom. The lowest BCUT2D eigenvalue weighted by Crippen LogP contribution is -2.26. The van der Waals surface area contributed by atoms with Gasteiger partial charge in [-0.1, -0.05) is 0 Å². The van der Waals surface area contributed by atoms with Gasteiger partial charge in [-0.2, -0.15) is 13.2 Å². The lowest BCUT2D eigenvalue weighted by atomic mass is 10.6. The largest absolute Gasteiger partial charge is 0.490 e. The van der Waals surface area contributed by atoms with Gasteiger partial charge in [0.1, 0.15) is 6.61 Å². The highest BCUT2D eigenvalue weighted by Gasteiger charge is 2.40. The molecule has 0 spiro atoms. The summed E-state index contributed by atoms with van der Waals surface area (Å²) in [4.78, 5) is 10.2. The second-order valence-corrected chi connectivity index (χ2v) is 2.58. The van der Waals surface area contributed by atoms with Gasteiger partial charge in [0, 0.05) is 0 Å². The molecule has 0 aromatic carbocycles. The maximum atomic E-state index is 11.6. The van der Waals surface area contributed by atoms with Crippen molar-refractivity contribution < 1.29 is 37.3 Å². The minimum absolute atomic E-state index is 0.108. The summed E-state index contributed by atoms with van der Waals surface area (Å²) >= 11 is 0. The molecule has 0 radical (unpaired) electrons. The van der Waals surface area contributed by atoms with Crippen molar-refractivity contribution in [2.45, 2.75) is 6.18 Å². The summed E-state index contributed by atoms with van der Waals surface area (Å²) < 4.78 is 48.3. The second kappa shape index (κ2) is 8.31. The van der Waals surface area contributed by atoms with Crippen molar-refractivity contribution in [2.75, 3.05) is 39.6 Å². The number of ether oxygens (including phenoxy) is 3. The highest BCUT2D eigenvalue weighted by Crippen LogP contribution is 2.15. The van der Waals surface area contributed by atoms with Crippen LogP contribution in [0.3, 0.4) is 0 Å². The minimum Gasteiger partial charge on any atom is -0.457 e. The van der Waals surface area contributed by atoms with E-state index < -0.39 is 18.8 Å². The lowest BCUT2D eigenvalue weighted by Gasteiger charge is -2.07. The summed E-state index contributed by atoms with van der Waals surface area (Å²) in [5, 5.41) is 8.31. The average Bonchev–Trinajstić information content (AvgIpc) is 2.20. The molecule has 0 aromatic heterocycles. The Labute approximate surface area is 90.1 Å².